The minimum atomic E-state index is -0.128. The smallest absolute Gasteiger partial charge is 0.254 e. The van der Waals surface area contributed by atoms with Crippen LogP contribution in [0.25, 0.3) is 10.9 Å². The minimum Gasteiger partial charge on any atom is -0.508 e. The number of benzene rings is 2. The second-order valence-electron chi connectivity index (χ2n) is 7.13. The molecule has 0 radical (unpaired) electrons. The van der Waals surface area contributed by atoms with Gasteiger partial charge in [-0.2, -0.15) is 0 Å². The molecule has 4 rings (SSSR count). The Morgan fingerprint density at radius 2 is 1.83 bits per heavy atom. The Hall–Kier alpha value is -3.48. The number of carbonyl (C=O) groups is 2. The second-order valence-corrected chi connectivity index (χ2v) is 7.13. The molecule has 2 amide bonds. The first-order chi connectivity index (χ1) is 14.0. The summed E-state index contributed by atoms with van der Waals surface area (Å²) in [4.78, 5) is 32.1. The van der Waals surface area contributed by atoms with E-state index in [2.05, 4.69) is 4.98 Å². The average Bonchev–Trinajstić information content (AvgIpc) is 3.15. The van der Waals surface area contributed by atoms with Crippen molar-refractivity contribution in [2.45, 2.75) is 6.42 Å². The molecule has 7 heteroatoms. The van der Waals surface area contributed by atoms with E-state index in [1.807, 2.05) is 24.4 Å². The van der Waals surface area contributed by atoms with Gasteiger partial charge in [-0.15, -0.1) is 0 Å². The molecule has 2 heterocycles. The number of piperazine rings is 1. The second kappa shape index (κ2) is 7.87. The average molecular weight is 393 g/mol. The summed E-state index contributed by atoms with van der Waals surface area (Å²) >= 11 is 0. The number of phenols is 1. The highest BCUT2D eigenvalue weighted by Crippen LogP contribution is 2.24. The third kappa shape index (κ3) is 3.89. The Morgan fingerprint density at radius 3 is 2.55 bits per heavy atom. The molecule has 2 N–H and O–H groups in total. The normalized spacial score (nSPS) is 14.2. The Bertz CT molecular complexity index is 1050. The van der Waals surface area contributed by atoms with Crippen LogP contribution in [0.1, 0.15) is 15.9 Å². The van der Waals surface area contributed by atoms with Crippen LogP contribution in [0.4, 0.5) is 0 Å². The highest BCUT2D eigenvalue weighted by Gasteiger charge is 2.25. The van der Waals surface area contributed by atoms with E-state index in [0.29, 0.717) is 38.2 Å². The fourth-order valence-corrected chi connectivity index (χ4v) is 3.69. The lowest BCUT2D eigenvalue weighted by molar-refractivity contribution is -0.131. The van der Waals surface area contributed by atoms with Crippen LogP contribution in [0.2, 0.25) is 0 Å². The monoisotopic (exact) mass is 393 g/mol. The van der Waals surface area contributed by atoms with E-state index >= 15 is 0 Å². The van der Waals surface area contributed by atoms with Crippen LogP contribution in [0.5, 0.6) is 11.5 Å². The number of nitrogens with zero attached hydrogens (tertiary/aromatic N) is 2. The first kappa shape index (κ1) is 18.9. The van der Waals surface area contributed by atoms with Gasteiger partial charge in [-0.1, -0.05) is 6.07 Å². The van der Waals surface area contributed by atoms with Crippen molar-refractivity contribution < 1.29 is 19.4 Å². The number of hydrogen-bond donors (Lipinski definition) is 2. The van der Waals surface area contributed by atoms with Crippen molar-refractivity contribution in [3.63, 3.8) is 0 Å². The van der Waals surface area contributed by atoms with Crippen molar-refractivity contribution in [3.05, 3.63) is 59.8 Å². The topological polar surface area (TPSA) is 85.9 Å². The standard InChI is InChI=1S/C22H23N3O4/c1-29-18-5-6-20-19(13-18)16(14-23-20)12-21(27)24-7-9-25(10-8-24)22(28)15-3-2-4-17(26)11-15/h2-6,11,13-14,23,26H,7-10,12H2,1H3. The van der Waals surface area contributed by atoms with Gasteiger partial charge in [0.1, 0.15) is 11.5 Å². The molecule has 0 aliphatic carbocycles. The van der Waals surface area contributed by atoms with Gasteiger partial charge in [-0.05, 0) is 42.0 Å². The zero-order valence-electron chi connectivity index (χ0n) is 16.2. The molecule has 1 fully saturated rings. The van der Waals surface area contributed by atoms with Gasteiger partial charge in [0.05, 0.1) is 13.5 Å². The number of aromatic hydroxyl groups is 1. The van der Waals surface area contributed by atoms with E-state index in [9.17, 15) is 14.7 Å². The molecule has 2 aromatic carbocycles. The number of phenolic OH excluding ortho intramolecular Hbond substituents is 1. The zero-order valence-corrected chi connectivity index (χ0v) is 16.2. The Labute approximate surface area is 168 Å². The summed E-state index contributed by atoms with van der Waals surface area (Å²) in [7, 11) is 1.62. The number of aromatic amines is 1. The van der Waals surface area contributed by atoms with E-state index in [4.69, 9.17) is 4.74 Å². The number of amides is 2. The molecule has 0 spiro atoms. The number of rotatable bonds is 4. The number of nitrogens with one attached hydrogen (secondary N) is 1. The fourth-order valence-electron chi connectivity index (χ4n) is 3.69. The van der Waals surface area contributed by atoms with Crippen LogP contribution in [-0.2, 0) is 11.2 Å². The van der Waals surface area contributed by atoms with E-state index < -0.39 is 0 Å². The minimum absolute atomic E-state index is 0.0400. The molecule has 7 nitrogen and oxygen atoms in total. The quantitative estimate of drug-likeness (QED) is 0.713. The lowest BCUT2D eigenvalue weighted by Crippen LogP contribution is -2.51. The van der Waals surface area contributed by atoms with E-state index in [-0.39, 0.29) is 17.6 Å². The summed E-state index contributed by atoms with van der Waals surface area (Å²) < 4.78 is 5.28. The first-order valence-corrected chi connectivity index (χ1v) is 9.55. The van der Waals surface area contributed by atoms with Crippen molar-refractivity contribution in [3.8, 4) is 11.5 Å². The highest BCUT2D eigenvalue weighted by atomic mass is 16.5. The third-order valence-corrected chi connectivity index (χ3v) is 5.33. The van der Waals surface area contributed by atoms with Crippen LogP contribution in [0, 0.1) is 0 Å². The van der Waals surface area contributed by atoms with Gasteiger partial charge < -0.3 is 24.6 Å². The number of carbonyl (C=O) groups excluding carboxylic acids is 2. The van der Waals surface area contributed by atoms with E-state index in [1.165, 1.54) is 12.1 Å². The number of H-pyrrole nitrogens is 1. The predicted molar refractivity (Wildman–Crippen MR) is 109 cm³/mol. The van der Waals surface area contributed by atoms with Crippen LogP contribution in [-0.4, -0.2) is 65.0 Å². The van der Waals surface area contributed by atoms with Crippen molar-refractivity contribution in [2.24, 2.45) is 0 Å². The maximum Gasteiger partial charge on any atom is 0.254 e. The summed E-state index contributed by atoms with van der Waals surface area (Å²) in [5.41, 5.74) is 2.36. The predicted octanol–water partition coefficient (Wildman–Crippen LogP) is 2.41. The molecule has 0 bridgehead atoms. The molecule has 0 unspecified atom stereocenters. The Morgan fingerprint density at radius 1 is 1.07 bits per heavy atom. The van der Waals surface area contributed by atoms with Crippen LogP contribution in [0.3, 0.4) is 0 Å². The van der Waals surface area contributed by atoms with E-state index in [0.717, 1.165) is 22.2 Å². The molecule has 1 aromatic heterocycles. The lowest BCUT2D eigenvalue weighted by Gasteiger charge is -2.35. The van der Waals surface area contributed by atoms with Crippen molar-refractivity contribution in [1.82, 2.24) is 14.8 Å². The summed E-state index contributed by atoms with van der Waals surface area (Å²) in [5, 5.41) is 10.6. The number of fused-ring (bicyclic) bond motifs is 1. The van der Waals surface area contributed by atoms with E-state index in [1.54, 1.807) is 29.0 Å². The van der Waals surface area contributed by atoms with Crippen LogP contribution >= 0.6 is 0 Å². The summed E-state index contributed by atoms with van der Waals surface area (Å²) in [6.07, 6.45) is 2.16. The maximum atomic E-state index is 12.8. The molecule has 1 saturated heterocycles. The van der Waals surface area contributed by atoms with Crippen molar-refractivity contribution in [2.75, 3.05) is 33.3 Å². The van der Waals surface area contributed by atoms with Crippen molar-refractivity contribution >= 4 is 22.7 Å². The maximum absolute atomic E-state index is 12.8. The largest absolute Gasteiger partial charge is 0.508 e. The van der Waals surface area contributed by atoms with Gasteiger partial charge in [0.25, 0.3) is 5.91 Å². The first-order valence-electron chi connectivity index (χ1n) is 9.55. The fraction of sp³-hybridized carbons (Fsp3) is 0.273. The van der Waals surface area contributed by atoms with Gasteiger partial charge in [-0.25, -0.2) is 0 Å². The number of methoxy groups -OCH3 is 1. The summed E-state index contributed by atoms with van der Waals surface area (Å²) in [6.45, 7) is 1.94. The number of aromatic nitrogens is 1. The summed E-state index contributed by atoms with van der Waals surface area (Å²) in [6, 6.07) is 12.1. The molecule has 1 aliphatic rings. The molecule has 0 atom stereocenters. The molecule has 0 saturated carbocycles. The molecule has 1 aliphatic heterocycles. The zero-order chi connectivity index (χ0) is 20.4. The third-order valence-electron chi connectivity index (χ3n) is 5.33. The van der Waals surface area contributed by atoms with Crippen LogP contribution < -0.4 is 4.74 Å². The van der Waals surface area contributed by atoms with Gasteiger partial charge in [0.15, 0.2) is 0 Å². The van der Waals surface area contributed by atoms with Crippen LogP contribution in [0.15, 0.2) is 48.7 Å². The Kier molecular flexibility index (Phi) is 5.12. The van der Waals surface area contributed by atoms with Gasteiger partial charge in [-0.3, -0.25) is 9.59 Å². The Balaban J connectivity index is 1.39. The molecular formula is C22H23N3O4. The number of ether oxygens (including phenoxy) is 1. The van der Waals surface area contributed by atoms with Crippen molar-refractivity contribution in [1.29, 1.82) is 0 Å². The SMILES string of the molecule is COc1ccc2[nH]cc(CC(=O)N3CCN(C(=O)c4cccc(O)c4)CC3)c2c1. The molecule has 29 heavy (non-hydrogen) atoms. The highest BCUT2D eigenvalue weighted by molar-refractivity contribution is 5.95. The van der Waals surface area contributed by atoms with Gasteiger partial charge in [0.2, 0.25) is 5.91 Å². The molecule has 150 valence electrons. The van der Waals surface area contributed by atoms with Gasteiger partial charge >= 0.3 is 0 Å². The molecular weight excluding hydrogens is 370 g/mol. The lowest BCUT2D eigenvalue weighted by atomic mass is 10.1. The van der Waals surface area contributed by atoms with Gasteiger partial charge in [0, 0.05) is 48.8 Å². The number of hydrogen-bond acceptors (Lipinski definition) is 4. The summed E-state index contributed by atoms with van der Waals surface area (Å²) in [5.74, 6) is 0.736. The molecule has 3 aromatic rings.